The van der Waals surface area contributed by atoms with E-state index >= 15 is 0 Å². The average Bonchev–Trinajstić information content (AvgIpc) is 2.90. The molecule has 0 saturated heterocycles. The van der Waals surface area contributed by atoms with Gasteiger partial charge < -0.3 is 15.0 Å². The predicted molar refractivity (Wildman–Crippen MR) is 149 cm³/mol. The number of rotatable bonds is 12. The molecule has 3 rings (SSSR count). The molecular formula is C29H34FN3O5S. The number of carbonyl (C=O) groups is 2. The SMILES string of the molecule is CCNC(=O)[C@H](Cc1ccccc1)N(Cc1ccccc1F)C(=O)CN(c1cc(C)ccc1OC)S(C)(=O)=O. The number of anilines is 1. The highest BCUT2D eigenvalue weighted by molar-refractivity contribution is 7.92. The first-order valence-corrected chi connectivity index (χ1v) is 14.4. The maximum Gasteiger partial charge on any atom is 0.244 e. The number of amides is 2. The number of nitrogens with zero attached hydrogens (tertiary/aromatic N) is 2. The molecule has 0 saturated carbocycles. The van der Waals surface area contributed by atoms with Crippen molar-refractivity contribution in [3.8, 4) is 5.75 Å². The van der Waals surface area contributed by atoms with Gasteiger partial charge in [0.25, 0.3) is 0 Å². The van der Waals surface area contributed by atoms with Crippen molar-refractivity contribution in [2.45, 2.75) is 32.9 Å². The fraction of sp³-hybridized carbons (Fsp3) is 0.310. The number of likely N-dealkylation sites (N-methyl/N-ethyl adjacent to an activating group) is 1. The van der Waals surface area contributed by atoms with Crippen LogP contribution in [0.1, 0.15) is 23.6 Å². The van der Waals surface area contributed by atoms with E-state index in [1.54, 1.807) is 38.1 Å². The van der Waals surface area contributed by atoms with Crippen LogP contribution in [0.25, 0.3) is 0 Å². The first-order chi connectivity index (χ1) is 18.5. The Kier molecular flexibility index (Phi) is 10.1. The molecule has 0 spiro atoms. The molecule has 3 aromatic carbocycles. The Bertz CT molecular complexity index is 1400. The van der Waals surface area contributed by atoms with Crippen molar-refractivity contribution in [3.63, 3.8) is 0 Å². The second kappa shape index (κ2) is 13.2. The quantitative estimate of drug-likeness (QED) is 0.368. The van der Waals surface area contributed by atoms with Crippen LogP contribution in [0.5, 0.6) is 5.75 Å². The maximum atomic E-state index is 14.8. The van der Waals surface area contributed by atoms with E-state index in [1.807, 2.05) is 30.3 Å². The molecule has 0 aromatic heterocycles. The first-order valence-electron chi connectivity index (χ1n) is 12.5. The molecular weight excluding hydrogens is 521 g/mol. The first kappa shape index (κ1) is 29.6. The van der Waals surface area contributed by atoms with Gasteiger partial charge in [0.15, 0.2) is 0 Å². The van der Waals surface area contributed by atoms with Crippen LogP contribution in [0.3, 0.4) is 0 Å². The van der Waals surface area contributed by atoms with E-state index in [4.69, 9.17) is 4.74 Å². The summed E-state index contributed by atoms with van der Waals surface area (Å²) in [6, 6.07) is 19.1. The number of hydrogen-bond acceptors (Lipinski definition) is 5. The number of sulfonamides is 1. The third-order valence-corrected chi connectivity index (χ3v) is 7.33. The molecule has 0 aliphatic carbocycles. The lowest BCUT2D eigenvalue weighted by molar-refractivity contribution is -0.140. The topological polar surface area (TPSA) is 96.0 Å². The zero-order valence-electron chi connectivity index (χ0n) is 22.6. The number of aryl methyl sites for hydroxylation is 1. The number of carbonyl (C=O) groups excluding carboxylic acids is 2. The Morgan fingerprint density at radius 3 is 2.31 bits per heavy atom. The molecule has 1 atom stereocenters. The van der Waals surface area contributed by atoms with E-state index in [0.717, 1.165) is 21.7 Å². The van der Waals surface area contributed by atoms with Gasteiger partial charge in [0.05, 0.1) is 19.1 Å². The van der Waals surface area contributed by atoms with Gasteiger partial charge in [0, 0.05) is 25.1 Å². The summed E-state index contributed by atoms with van der Waals surface area (Å²) >= 11 is 0. The summed E-state index contributed by atoms with van der Waals surface area (Å²) in [5, 5.41) is 2.76. The molecule has 39 heavy (non-hydrogen) atoms. The van der Waals surface area contributed by atoms with E-state index in [2.05, 4.69) is 5.32 Å². The fourth-order valence-electron chi connectivity index (χ4n) is 4.25. The lowest BCUT2D eigenvalue weighted by Crippen LogP contribution is -2.53. The van der Waals surface area contributed by atoms with Crippen LogP contribution >= 0.6 is 0 Å². The lowest BCUT2D eigenvalue weighted by Gasteiger charge is -2.33. The average molecular weight is 556 g/mol. The smallest absolute Gasteiger partial charge is 0.244 e. The van der Waals surface area contributed by atoms with Gasteiger partial charge >= 0.3 is 0 Å². The summed E-state index contributed by atoms with van der Waals surface area (Å²) in [6.45, 7) is 3.03. The highest BCUT2D eigenvalue weighted by Crippen LogP contribution is 2.31. The number of halogens is 1. The van der Waals surface area contributed by atoms with Crippen LogP contribution in [0.4, 0.5) is 10.1 Å². The van der Waals surface area contributed by atoms with Gasteiger partial charge in [0.1, 0.15) is 24.2 Å². The molecule has 0 aliphatic heterocycles. The zero-order valence-corrected chi connectivity index (χ0v) is 23.4. The normalized spacial score (nSPS) is 11.9. The minimum absolute atomic E-state index is 0.152. The summed E-state index contributed by atoms with van der Waals surface area (Å²) in [5.74, 6) is -1.36. The highest BCUT2D eigenvalue weighted by Gasteiger charge is 2.34. The Labute approximate surface area is 229 Å². The Balaban J connectivity index is 2.09. The second-order valence-electron chi connectivity index (χ2n) is 9.16. The highest BCUT2D eigenvalue weighted by atomic mass is 32.2. The minimum Gasteiger partial charge on any atom is -0.495 e. The molecule has 10 heteroatoms. The molecule has 0 heterocycles. The van der Waals surface area contributed by atoms with E-state index in [9.17, 15) is 22.4 Å². The van der Waals surface area contributed by atoms with Gasteiger partial charge in [-0.1, -0.05) is 54.6 Å². The molecule has 0 aliphatic rings. The summed E-state index contributed by atoms with van der Waals surface area (Å²) in [5.41, 5.74) is 1.95. The van der Waals surface area contributed by atoms with Crippen molar-refractivity contribution in [1.82, 2.24) is 10.2 Å². The van der Waals surface area contributed by atoms with E-state index in [0.29, 0.717) is 6.54 Å². The van der Waals surface area contributed by atoms with Gasteiger partial charge in [-0.05, 0) is 43.2 Å². The van der Waals surface area contributed by atoms with Crippen LogP contribution in [-0.4, -0.2) is 57.6 Å². The summed E-state index contributed by atoms with van der Waals surface area (Å²) < 4.78 is 47.0. The Morgan fingerprint density at radius 1 is 1.03 bits per heavy atom. The summed E-state index contributed by atoms with van der Waals surface area (Å²) in [6.07, 6.45) is 1.15. The van der Waals surface area contributed by atoms with E-state index in [-0.39, 0.29) is 30.0 Å². The van der Waals surface area contributed by atoms with Crippen LogP contribution in [0.15, 0.2) is 72.8 Å². The third kappa shape index (κ3) is 7.79. The number of ether oxygens (including phenoxy) is 1. The zero-order chi connectivity index (χ0) is 28.6. The molecule has 0 fully saturated rings. The van der Waals surface area contributed by atoms with Crippen LogP contribution in [0, 0.1) is 12.7 Å². The van der Waals surface area contributed by atoms with Gasteiger partial charge in [-0.15, -0.1) is 0 Å². The number of nitrogens with one attached hydrogen (secondary N) is 1. The molecule has 0 unspecified atom stereocenters. The molecule has 208 valence electrons. The molecule has 8 nitrogen and oxygen atoms in total. The fourth-order valence-corrected chi connectivity index (χ4v) is 5.09. The van der Waals surface area contributed by atoms with Gasteiger partial charge in [-0.2, -0.15) is 0 Å². The van der Waals surface area contributed by atoms with Gasteiger partial charge in [-0.25, -0.2) is 12.8 Å². The number of hydrogen-bond donors (Lipinski definition) is 1. The van der Waals surface area contributed by atoms with Crippen molar-refractivity contribution in [2.75, 3.05) is 30.8 Å². The Morgan fingerprint density at radius 2 is 1.69 bits per heavy atom. The molecule has 0 radical (unpaired) electrons. The van der Waals surface area contributed by atoms with Crippen LogP contribution in [0.2, 0.25) is 0 Å². The van der Waals surface area contributed by atoms with Crippen LogP contribution in [-0.2, 0) is 32.6 Å². The predicted octanol–water partition coefficient (Wildman–Crippen LogP) is 3.68. The number of methoxy groups -OCH3 is 1. The van der Waals surface area contributed by atoms with Crippen LogP contribution < -0.4 is 14.4 Å². The van der Waals surface area contributed by atoms with E-state index < -0.39 is 40.2 Å². The molecule has 2 amide bonds. The molecule has 1 N–H and O–H groups in total. The van der Waals surface area contributed by atoms with Crippen molar-refractivity contribution in [1.29, 1.82) is 0 Å². The van der Waals surface area contributed by atoms with Crippen molar-refractivity contribution >= 4 is 27.5 Å². The van der Waals surface area contributed by atoms with Gasteiger partial charge in [0.2, 0.25) is 21.8 Å². The maximum absolute atomic E-state index is 14.8. The standard InChI is InChI=1S/C29H34FN3O5S/c1-5-31-29(35)26(18-22-11-7-6-8-12-22)32(19-23-13-9-10-14-24(23)30)28(34)20-33(39(4,36)37)25-17-21(2)15-16-27(25)38-3/h6-17,26H,5,18-20H2,1-4H3,(H,31,35)/t26-/m0/s1. The second-order valence-corrected chi connectivity index (χ2v) is 11.1. The summed E-state index contributed by atoms with van der Waals surface area (Å²) in [4.78, 5) is 28.6. The van der Waals surface area contributed by atoms with E-state index in [1.165, 1.54) is 30.2 Å². The molecule has 3 aromatic rings. The Hall–Kier alpha value is -3.92. The number of benzene rings is 3. The largest absolute Gasteiger partial charge is 0.495 e. The van der Waals surface area contributed by atoms with Crippen molar-refractivity contribution < 1.29 is 27.1 Å². The van der Waals surface area contributed by atoms with Gasteiger partial charge in [-0.3, -0.25) is 13.9 Å². The summed E-state index contributed by atoms with van der Waals surface area (Å²) in [7, 11) is -2.55. The lowest BCUT2D eigenvalue weighted by atomic mass is 10.0. The minimum atomic E-state index is -3.96. The molecule has 0 bridgehead atoms. The third-order valence-electron chi connectivity index (χ3n) is 6.20. The van der Waals surface area contributed by atoms with Crippen molar-refractivity contribution in [3.05, 3.63) is 95.3 Å². The monoisotopic (exact) mass is 555 g/mol. The van der Waals surface area contributed by atoms with Crippen molar-refractivity contribution in [2.24, 2.45) is 0 Å².